The number of nitrogens with zero attached hydrogens (tertiary/aromatic N) is 2. The highest BCUT2D eigenvalue weighted by Gasteiger charge is 2.41. The van der Waals surface area contributed by atoms with Crippen LogP contribution in [0.15, 0.2) is 78.0 Å². The summed E-state index contributed by atoms with van der Waals surface area (Å²) in [5, 5.41) is 3.58. The summed E-state index contributed by atoms with van der Waals surface area (Å²) in [4.78, 5) is 22.7. The van der Waals surface area contributed by atoms with E-state index in [9.17, 15) is 4.79 Å². The van der Waals surface area contributed by atoms with Crippen LogP contribution in [0.25, 0.3) is 0 Å². The van der Waals surface area contributed by atoms with Gasteiger partial charge in [-0.3, -0.25) is 14.8 Å². The minimum Gasteiger partial charge on any atom is -0.497 e. The lowest BCUT2D eigenvalue weighted by atomic mass is 9.72. The second-order valence-corrected chi connectivity index (χ2v) is 7.85. The third kappa shape index (κ3) is 3.36. The monoisotopic (exact) mass is 397 g/mol. The summed E-state index contributed by atoms with van der Waals surface area (Å²) < 4.78 is 5.28. The van der Waals surface area contributed by atoms with Gasteiger partial charge >= 0.3 is 0 Å². The van der Waals surface area contributed by atoms with Gasteiger partial charge in [-0.1, -0.05) is 30.3 Å². The molecule has 0 saturated heterocycles. The standard InChI is InChI=1S/C25H23N3O2/c1-30-19-10-8-16(9-11-19)18-13-22-24(23(29)14-18)25(17-5-4-12-26-15-17)28-21-7-3-2-6-20(21)27-22/h2-12,15,18,24-25,28H,13-14H2,1H3. The lowest BCUT2D eigenvalue weighted by Crippen LogP contribution is -2.38. The quantitative estimate of drug-likeness (QED) is 0.668. The number of aliphatic imine (C=N–C) groups is 1. The Morgan fingerprint density at radius 2 is 1.80 bits per heavy atom. The Hall–Kier alpha value is -3.47. The lowest BCUT2D eigenvalue weighted by Gasteiger charge is -2.33. The van der Waals surface area contributed by atoms with Crippen LogP contribution in [0.2, 0.25) is 0 Å². The summed E-state index contributed by atoms with van der Waals surface area (Å²) >= 11 is 0. The van der Waals surface area contributed by atoms with Gasteiger partial charge in [-0.05, 0) is 53.8 Å². The molecule has 1 saturated carbocycles. The Balaban J connectivity index is 1.56. The second-order valence-electron chi connectivity index (χ2n) is 7.85. The highest BCUT2D eigenvalue weighted by molar-refractivity contribution is 6.10. The molecule has 2 heterocycles. The predicted molar refractivity (Wildman–Crippen MR) is 118 cm³/mol. The first kappa shape index (κ1) is 18.6. The molecule has 0 radical (unpaired) electrons. The minimum absolute atomic E-state index is 0.123. The van der Waals surface area contributed by atoms with E-state index in [0.717, 1.165) is 40.4 Å². The van der Waals surface area contributed by atoms with Gasteiger partial charge in [0.25, 0.3) is 0 Å². The number of nitrogens with one attached hydrogen (secondary N) is 1. The fraction of sp³-hybridized carbons (Fsp3) is 0.240. The van der Waals surface area contributed by atoms with Crippen molar-refractivity contribution in [1.82, 2.24) is 4.98 Å². The predicted octanol–water partition coefficient (Wildman–Crippen LogP) is 5.09. The number of hydrogen-bond acceptors (Lipinski definition) is 5. The summed E-state index contributed by atoms with van der Waals surface area (Å²) in [6.07, 6.45) is 4.86. The van der Waals surface area contributed by atoms with Crippen LogP contribution in [0, 0.1) is 5.92 Å². The number of ketones is 1. The van der Waals surface area contributed by atoms with Crippen LogP contribution in [0.4, 0.5) is 11.4 Å². The van der Waals surface area contributed by atoms with Gasteiger partial charge in [-0.15, -0.1) is 0 Å². The molecule has 3 atom stereocenters. The van der Waals surface area contributed by atoms with Gasteiger partial charge in [0, 0.05) is 24.5 Å². The lowest BCUT2D eigenvalue weighted by molar-refractivity contribution is -0.122. The fourth-order valence-corrected chi connectivity index (χ4v) is 4.55. The zero-order chi connectivity index (χ0) is 20.5. The number of ether oxygens (including phenoxy) is 1. The molecule has 3 aromatic rings. The average molecular weight is 397 g/mol. The van der Waals surface area contributed by atoms with Crippen molar-refractivity contribution in [2.45, 2.75) is 24.8 Å². The number of rotatable bonds is 3. The van der Waals surface area contributed by atoms with Crippen molar-refractivity contribution in [3.8, 4) is 5.75 Å². The smallest absolute Gasteiger partial charge is 0.144 e. The van der Waals surface area contributed by atoms with E-state index in [-0.39, 0.29) is 23.7 Å². The van der Waals surface area contributed by atoms with E-state index in [1.54, 1.807) is 13.3 Å². The summed E-state index contributed by atoms with van der Waals surface area (Å²) in [7, 11) is 1.66. The topological polar surface area (TPSA) is 63.6 Å². The number of benzene rings is 2. The summed E-state index contributed by atoms with van der Waals surface area (Å²) in [6, 6.07) is 19.8. The Kier molecular flexibility index (Phi) is 4.79. The van der Waals surface area contributed by atoms with Crippen LogP contribution in [0.3, 0.4) is 0 Å². The number of carbonyl (C=O) groups excluding carboxylic acids is 1. The molecule has 5 heteroatoms. The maximum Gasteiger partial charge on any atom is 0.144 e. The number of aromatic nitrogens is 1. The van der Waals surface area contributed by atoms with Crippen LogP contribution in [-0.2, 0) is 4.79 Å². The van der Waals surface area contributed by atoms with Gasteiger partial charge < -0.3 is 10.1 Å². The van der Waals surface area contributed by atoms with Crippen molar-refractivity contribution in [2.24, 2.45) is 10.9 Å². The highest BCUT2D eigenvalue weighted by Crippen LogP contribution is 2.43. The van der Waals surface area contributed by atoms with Gasteiger partial charge in [0.05, 0.1) is 30.4 Å². The van der Waals surface area contributed by atoms with E-state index in [0.29, 0.717) is 6.42 Å². The van der Waals surface area contributed by atoms with Crippen molar-refractivity contribution in [3.63, 3.8) is 0 Å². The molecule has 5 rings (SSSR count). The van der Waals surface area contributed by atoms with E-state index >= 15 is 0 Å². The first-order chi connectivity index (χ1) is 14.7. The first-order valence-corrected chi connectivity index (χ1v) is 10.2. The fourth-order valence-electron chi connectivity index (χ4n) is 4.55. The van der Waals surface area contributed by atoms with E-state index in [1.807, 2.05) is 54.7 Å². The molecule has 1 aromatic heterocycles. The van der Waals surface area contributed by atoms with Crippen LogP contribution < -0.4 is 10.1 Å². The molecular weight excluding hydrogens is 374 g/mol. The number of para-hydroxylation sites is 2. The van der Waals surface area contributed by atoms with Crippen LogP contribution in [0.1, 0.15) is 35.9 Å². The summed E-state index contributed by atoms with van der Waals surface area (Å²) in [5.74, 6) is 0.865. The molecule has 1 aliphatic heterocycles. The average Bonchev–Trinajstić information content (AvgIpc) is 2.96. The van der Waals surface area contributed by atoms with E-state index < -0.39 is 0 Å². The van der Waals surface area contributed by atoms with Crippen LogP contribution in [0.5, 0.6) is 5.75 Å². The molecule has 0 amide bonds. The molecule has 30 heavy (non-hydrogen) atoms. The Morgan fingerprint density at radius 1 is 0.967 bits per heavy atom. The van der Waals surface area contributed by atoms with E-state index in [1.165, 1.54) is 0 Å². The summed E-state index contributed by atoms with van der Waals surface area (Å²) in [5.41, 5.74) is 4.92. The molecule has 1 N–H and O–H groups in total. The molecule has 150 valence electrons. The first-order valence-electron chi connectivity index (χ1n) is 10.2. The second kappa shape index (κ2) is 7.75. The number of pyridine rings is 1. The SMILES string of the molecule is COc1ccc(C2CC(=O)C3C(=Nc4ccccc4NC3c3cccnc3)C2)cc1. The largest absolute Gasteiger partial charge is 0.497 e. The van der Waals surface area contributed by atoms with E-state index in [2.05, 4.69) is 22.4 Å². The number of hydrogen-bond donors (Lipinski definition) is 1. The molecule has 2 aromatic carbocycles. The Labute approximate surface area is 175 Å². The van der Waals surface area contributed by atoms with Gasteiger partial charge in [-0.2, -0.15) is 0 Å². The number of fused-ring (bicyclic) bond motifs is 2. The number of carbonyl (C=O) groups is 1. The van der Waals surface area contributed by atoms with Gasteiger partial charge in [0.1, 0.15) is 11.5 Å². The van der Waals surface area contributed by atoms with Crippen molar-refractivity contribution >= 4 is 22.9 Å². The van der Waals surface area contributed by atoms with Gasteiger partial charge in [0.15, 0.2) is 0 Å². The molecule has 0 bridgehead atoms. The maximum absolute atomic E-state index is 13.5. The van der Waals surface area contributed by atoms with Crippen molar-refractivity contribution < 1.29 is 9.53 Å². The normalized spacial score (nSPS) is 22.8. The van der Waals surface area contributed by atoms with Crippen molar-refractivity contribution in [2.75, 3.05) is 12.4 Å². The maximum atomic E-state index is 13.5. The van der Waals surface area contributed by atoms with Crippen LogP contribution >= 0.6 is 0 Å². The molecule has 1 aliphatic carbocycles. The third-order valence-corrected chi connectivity index (χ3v) is 6.05. The van der Waals surface area contributed by atoms with Crippen molar-refractivity contribution in [3.05, 3.63) is 84.2 Å². The Morgan fingerprint density at radius 3 is 2.57 bits per heavy atom. The molecule has 0 spiro atoms. The summed E-state index contributed by atoms with van der Waals surface area (Å²) in [6.45, 7) is 0. The molecule has 5 nitrogen and oxygen atoms in total. The zero-order valence-electron chi connectivity index (χ0n) is 16.8. The molecule has 3 unspecified atom stereocenters. The number of Topliss-reactive ketones (excluding diaryl/α,β-unsaturated/α-hetero) is 1. The Bertz CT molecular complexity index is 1090. The molecular formula is C25H23N3O2. The zero-order valence-corrected chi connectivity index (χ0v) is 16.8. The highest BCUT2D eigenvalue weighted by atomic mass is 16.5. The molecule has 1 fully saturated rings. The van der Waals surface area contributed by atoms with Crippen LogP contribution in [-0.4, -0.2) is 23.6 Å². The van der Waals surface area contributed by atoms with E-state index in [4.69, 9.17) is 9.73 Å². The minimum atomic E-state index is -0.295. The third-order valence-electron chi connectivity index (χ3n) is 6.05. The van der Waals surface area contributed by atoms with Gasteiger partial charge in [-0.25, -0.2) is 0 Å². The number of methoxy groups -OCH3 is 1. The van der Waals surface area contributed by atoms with Gasteiger partial charge in [0.2, 0.25) is 0 Å². The van der Waals surface area contributed by atoms with Crippen molar-refractivity contribution in [1.29, 1.82) is 0 Å². The number of anilines is 1. The molecule has 2 aliphatic rings.